The molecule has 0 aliphatic carbocycles. The molecule has 0 radical (unpaired) electrons. The zero-order valence-corrected chi connectivity index (χ0v) is 10.1. The lowest BCUT2D eigenvalue weighted by atomic mass is 9.80. The fraction of sp³-hybridized carbons (Fsp3) is 0.545. The van der Waals surface area contributed by atoms with E-state index >= 15 is 0 Å². The largest absolute Gasteiger partial charge is 0.481 e. The standard InChI is InChI=1S/C11H16N2O4/c1-11(2,3)8(10(15)16)9(14)12-6-7-4-5-17-13-7/h4-5,8H,6H2,1-3H3,(H,12,14)(H,15,16). The highest BCUT2D eigenvalue weighted by molar-refractivity contribution is 5.97. The average molecular weight is 240 g/mol. The molecule has 6 heteroatoms. The summed E-state index contributed by atoms with van der Waals surface area (Å²) in [6.45, 7) is 5.29. The van der Waals surface area contributed by atoms with Crippen molar-refractivity contribution in [1.29, 1.82) is 0 Å². The summed E-state index contributed by atoms with van der Waals surface area (Å²) < 4.78 is 4.60. The predicted molar refractivity (Wildman–Crippen MR) is 58.9 cm³/mol. The second kappa shape index (κ2) is 4.99. The van der Waals surface area contributed by atoms with E-state index in [1.807, 2.05) is 0 Å². The van der Waals surface area contributed by atoms with Crippen LogP contribution in [0.3, 0.4) is 0 Å². The van der Waals surface area contributed by atoms with Gasteiger partial charge in [0.05, 0.1) is 6.54 Å². The molecule has 94 valence electrons. The summed E-state index contributed by atoms with van der Waals surface area (Å²) in [5.41, 5.74) is -0.0869. The molecule has 1 unspecified atom stereocenters. The third-order valence-corrected chi connectivity index (χ3v) is 2.31. The van der Waals surface area contributed by atoms with Gasteiger partial charge in [-0.05, 0) is 5.41 Å². The maximum Gasteiger partial charge on any atom is 0.316 e. The number of amides is 1. The number of carbonyl (C=O) groups is 2. The average Bonchev–Trinajstić information content (AvgIpc) is 2.63. The van der Waals surface area contributed by atoms with Crippen molar-refractivity contribution in [1.82, 2.24) is 10.5 Å². The highest BCUT2D eigenvalue weighted by Crippen LogP contribution is 2.26. The molecule has 1 aromatic heterocycles. The van der Waals surface area contributed by atoms with Crippen LogP contribution in [0.2, 0.25) is 0 Å². The van der Waals surface area contributed by atoms with Crippen LogP contribution in [0.4, 0.5) is 0 Å². The quantitative estimate of drug-likeness (QED) is 0.767. The van der Waals surface area contributed by atoms with Crippen molar-refractivity contribution in [2.75, 3.05) is 0 Å². The second-order valence-electron chi connectivity index (χ2n) is 4.85. The summed E-state index contributed by atoms with van der Waals surface area (Å²) in [6, 6.07) is 1.60. The Balaban J connectivity index is 2.64. The van der Waals surface area contributed by atoms with Gasteiger partial charge in [0.1, 0.15) is 17.9 Å². The summed E-state index contributed by atoms with van der Waals surface area (Å²) >= 11 is 0. The van der Waals surface area contributed by atoms with E-state index in [1.54, 1.807) is 26.8 Å². The van der Waals surface area contributed by atoms with Gasteiger partial charge in [-0.15, -0.1) is 0 Å². The molecule has 0 spiro atoms. The zero-order chi connectivity index (χ0) is 13.1. The fourth-order valence-electron chi connectivity index (χ4n) is 1.48. The van der Waals surface area contributed by atoms with Crippen molar-refractivity contribution in [2.24, 2.45) is 11.3 Å². The molecule has 1 aromatic rings. The highest BCUT2D eigenvalue weighted by atomic mass is 16.5. The number of nitrogens with one attached hydrogen (secondary N) is 1. The fourth-order valence-corrected chi connectivity index (χ4v) is 1.48. The van der Waals surface area contributed by atoms with Gasteiger partial charge < -0.3 is 14.9 Å². The Labute approximate surface area is 99.0 Å². The van der Waals surface area contributed by atoms with Crippen molar-refractivity contribution in [3.63, 3.8) is 0 Å². The maximum absolute atomic E-state index is 11.8. The number of carboxylic acid groups (broad SMARTS) is 1. The first kappa shape index (κ1) is 13.2. The monoisotopic (exact) mass is 240 g/mol. The van der Waals surface area contributed by atoms with Gasteiger partial charge in [-0.1, -0.05) is 25.9 Å². The number of carbonyl (C=O) groups excluding carboxylic acids is 1. The number of rotatable bonds is 4. The lowest BCUT2D eigenvalue weighted by Gasteiger charge is -2.25. The highest BCUT2D eigenvalue weighted by Gasteiger charge is 2.37. The van der Waals surface area contributed by atoms with Gasteiger partial charge in [-0.25, -0.2) is 0 Å². The van der Waals surface area contributed by atoms with Crippen LogP contribution in [0.5, 0.6) is 0 Å². The normalized spacial score (nSPS) is 13.1. The van der Waals surface area contributed by atoms with Gasteiger partial charge in [0.15, 0.2) is 0 Å². The molecule has 0 bridgehead atoms. The Bertz CT molecular complexity index is 392. The molecular weight excluding hydrogens is 224 g/mol. The molecule has 0 fully saturated rings. The number of carboxylic acids is 1. The summed E-state index contributed by atoms with van der Waals surface area (Å²) in [6.07, 6.45) is 1.39. The van der Waals surface area contributed by atoms with E-state index in [-0.39, 0.29) is 6.54 Å². The first-order chi connectivity index (χ1) is 7.82. The number of aliphatic carboxylic acids is 1. The Kier molecular flexibility index (Phi) is 3.88. The van der Waals surface area contributed by atoms with E-state index in [9.17, 15) is 9.59 Å². The molecule has 0 saturated heterocycles. The van der Waals surface area contributed by atoms with Crippen LogP contribution in [-0.4, -0.2) is 22.1 Å². The molecule has 0 aliphatic rings. The smallest absolute Gasteiger partial charge is 0.316 e. The van der Waals surface area contributed by atoms with E-state index in [1.165, 1.54) is 6.26 Å². The summed E-state index contributed by atoms with van der Waals surface area (Å²) in [4.78, 5) is 22.8. The van der Waals surface area contributed by atoms with E-state index in [2.05, 4.69) is 15.0 Å². The molecular formula is C11H16N2O4. The number of nitrogens with zero attached hydrogens (tertiary/aromatic N) is 1. The van der Waals surface area contributed by atoms with Gasteiger partial charge in [0, 0.05) is 6.07 Å². The summed E-state index contributed by atoms with van der Waals surface area (Å²) in [5, 5.41) is 15.2. The van der Waals surface area contributed by atoms with Crippen LogP contribution in [0.1, 0.15) is 26.5 Å². The zero-order valence-electron chi connectivity index (χ0n) is 10.1. The first-order valence-corrected chi connectivity index (χ1v) is 5.22. The molecule has 17 heavy (non-hydrogen) atoms. The SMILES string of the molecule is CC(C)(C)C(C(=O)O)C(=O)NCc1ccon1. The molecule has 1 heterocycles. The molecule has 0 saturated carbocycles. The van der Waals surface area contributed by atoms with Gasteiger partial charge in [0.25, 0.3) is 0 Å². The van der Waals surface area contributed by atoms with Gasteiger partial charge >= 0.3 is 5.97 Å². The predicted octanol–water partition coefficient (Wildman–Crippen LogP) is 1.04. The third-order valence-electron chi connectivity index (χ3n) is 2.31. The van der Waals surface area contributed by atoms with Crippen LogP contribution < -0.4 is 5.32 Å². The van der Waals surface area contributed by atoms with E-state index < -0.39 is 23.2 Å². The van der Waals surface area contributed by atoms with Crippen LogP contribution in [0.15, 0.2) is 16.9 Å². The molecule has 6 nitrogen and oxygen atoms in total. The second-order valence-corrected chi connectivity index (χ2v) is 4.85. The molecule has 0 aromatic carbocycles. The van der Waals surface area contributed by atoms with Crippen molar-refractivity contribution >= 4 is 11.9 Å². The molecule has 1 amide bonds. The van der Waals surface area contributed by atoms with E-state index in [4.69, 9.17) is 5.11 Å². The van der Waals surface area contributed by atoms with Crippen LogP contribution in [-0.2, 0) is 16.1 Å². The number of hydrogen-bond acceptors (Lipinski definition) is 4. The minimum atomic E-state index is -1.13. The summed E-state index contributed by atoms with van der Waals surface area (Å²) in [7, 11) is 0. The lowest BCUT2D eigenvalue weighted by Crippen LogP contribution is -2.42. The number of hydrogen-bond donors (Lipinski definition) is 2. The van der Waals surface area contributed by atoms with Crippen LogP contribution in [0, 0.1) is 11.3 Å². The topological polar surface area (TPSA) is 92.4 Å². The van der Waals surface area contributed by atoms with Crippen molar-refractivity contribution in [3.05, 3.63) is 18.0 Å². The Morgan fingerprint density at radius 2 is 2.18 bits per heavy atom. The Morgan fingerprint density at radius 1 is 1.53 bits per heavy atom. The molecule has 2 N–H and O–H groups in total. The van der Waals surface area contributed by atoms with E-state index in [0.717, 1.165) is 0 Å². The minimum Gasteiger partial charge on any atom is -0.481 e. The third kappa shape index (κ3) is 3.58. The van der Waals surface area contributed by atoms with Crippen molar-refractivity contribution in [2.45, 2.75) is 27.3 Å². The van der Waals surface area contributed by atoms with Gasteiger partial charge in [0.2, 0.25) is 5.91 Å². The lowest BCUT2D eigenvalue weighted by molar-refractivity contribution is -0.151. The van der Waals surface area contributed by atoms with Gasteiger partial charge in [-0.2, -0.15) is 0 Å². The molecule has 0 aliphatic heterocycles. The number of aromatic nitrogens is 1. The Hall–Kier alpha value is -1.85. The molecule has 1 atom stereocenters. The maximum atomic E-state index is 11.8. The minimum absolute atomic E-state index is 0.162. The van der Waals surface area contributed by atoms with Crippen molar-refractivity contribution in [3.8, 4) is 0 Å². The van der Waals surface area contributed by atoms with Gasteiger partial charge in [-0.3, -0.25) is 9.59 Å². The Morgan fingerprint density at radius 3 is 2.59 bits per heavy atom. The van der Waals surface area contributed by atoms with Crippen LogP contribution >= 0.6 is 0 Å². The first-order valence-electron chi connectivity index (χ1n) is 5.22. The summed E-state index contributed by atoms with van der Waals surface area (Å²) in [5.74, 6) is -2.74. The molecule has 1 rings (SSSR count). The van der Waals surface area contributed by atoms with E-state index in [0.29, 0.717) is 5.69 Å². The van der Waals surface area contributed by atoms with Crippen molar-refractivity contribution < 1.29 is 19.2 Å². The van der Waals surface area contributed by atoms with Crippen LogP contribution in [0.25, 0.3) is 0 Å².